The molecule has 0 aliphatic rings. The first-order valence-corrected chi connectivity index (χ1v) is 6.34. The number of rotatable bonds is 7. The molecule has 0 aromatic heterocycles. The third-order valence-electron chi connectivity index (χ3n) is 2.87. The van der Waals surface area contributed by atoms with Gasteiger partial charge in [0.25, 0.3) is 0 Å². The van der Waals surface area contributed by atoms with Crippen LogP contribution in [0.1, 0.15) is 38.4 Å². The summed E-state index contributed by atoms with van der Waals surface area (Å²) in [5, 5.41) is 10.1. The van der Waals surface area contributed by atoms with E-state index in [4.69, 9.17) is 0 Å². The van der Waals surface area contributed by atoms with E-state index in [1.54, 1.807) is 0 Å². The Kier molecular flexibility index (Phi) is 6.12. The van der Waals surface area contributed by atoms with Gasteiger partial charge in [-0.25, -0.2) is 0 Å². The van der Waals surface area contributed by atoms with E-state index in [0.29, 0.717) is 0 Å². The maximum Gasteiger partial charge on any atom is 0.128 e. The van der Waals surface area contributed by atoms with Gasteiger partial charge in [-0.15, -0.1) is 0 Å². The Morgan fingerprint density at radius 1 is 1.06 bits per heavy atom. The average Bonchev–Trinajstić information content (AvgIpc) is 2.31. The highest BCUT2D eigenvalue weighted by atomic mass is 16.3. The fraction of sp³-hybridized carbons (Fsp3) is 0.571. The molecule has 1 aromatic carbocycles. The van der Waals surface area contributed by atoms with Crippen molar-refractivity contribution in [1.82, 2.24) is 0 Å². The van der Waals surface area contributed by atoms with Gasteiger partial charge in [0.1, 0.15) is 12.6 Å². The third-order valence-corrected chi connectivity index (χ3v) is 2.87. The van der Waals surface area contributed by atoms with E-state index in [1.165, 1.54) is 17.7 Å². The number of quaternary nitrogens is 1. The first-order chi connectivity index (χ1) is 7.77. The summed E-state index contributed by atoms with van der Waals surface area (Å²) in [6.45, 7) is 7.52. The summed E-state index contributed by atoms with van der Waals surface area (Å²) in [5.74, 6) is 0. The van der Waals surface area contributed by atoms with Crippen molar-refractivity contribution in [2.45, 2.75) is 32.8 Å². The van der Waals surface area contributed by atoms with Crippen LogP contribution in [0, 0.1) is 0 Å². The van der Waals surface area contributed by atoms with Crippen molar-refractivity contribution in [2.75, 3.05) is 19.6 Å². The molecule has 0 saturated heterocycles. The normalized spacial score (nSPS) is 13.0. The van der Waals surface area contributed by atoms with E-state index >= 15 is 0 Å². The molecule has 0 fully saturated rings. The average molecular weight is 222 g/mol. The van der Waals surface area contributed by atoms with E-state index < -0.39 is 0 Å². The Balaban J connectivity index is 2.50. The van der Waals surface area contributed by atoms with Crippen molar-refractivity contribution in [1.29, 1.82) is 0 Å². The van der Waals surface area contributed by atoms with Crippen LogP contribution in [0.5, 0.6) is 0 Å². The van der Waals surface area contributed by atoms with Gasteiger partial charge in [0, 0.05) is 0 Å². The van der Waals surface area contributed by atoms with E-state index in [2.05, 4.69) is 13.8 Å². The van der Waals surface area contributed by atoms with Crippen molar-refractivity contribution in [3.8, 4) is 0 Å². The molecule has 90 valence electrons. The van der Waals surface area contributed by atoms with Crippen LogP contribution >= 0.6 is 0 Å². The van der Waals surface area contributed by atoms with Crippen molar-refractivity contribution in [2.24, 2.45) is 0 Å². The molecule has 0 aliphatic heterocycles. The predicted molar refractivity (Wildman–Crippen MR) is 67.5 cm³/mol. The summed E-state index contributed by atoms with van der Waals surface area (Å²) in [4.78, 5) is 1.50. The maximum atomic E-state index is 10.1. The second kappa shape index (κ2) is 7.42. The quantitative estimate of drug-likeness (QED) is 0.716. The topological polar surface area (TPSA) is 24.7 Å². The standard InChI is InChI=1S/C14H23NO/c1-3-10-15(11-4-2)12-14(16)13-8-6-5-7-9-13/h5-9,14,16H,3-4,10-12H2,1-2H3/p+1/t14-/m1/s1. The second-order valence-corrected chi connectivity index (χ2v) is 4.38. The Morgan fingerprint density at radius 3 is 2.12 bits per heavy atom. The van der Waals surface area contributed by atoms with Crippen LogP contribution in [-0.2, 0) is 0 Å². The van der Waals surface area contributed by atoms with E-state index in [9.17, 15) is 5.11 Å². The van der Waals surface area contributed by atoms with Crippen molar-refractivity contribution in [3.05, 3.63) is 35.9 Å². The number of nitrogens with one attached hydrogen (secondary N) is 1. The van der Waals surface area contributed by atoms with Crippen LogP contribution < -0.4 is 4.90 Å². The van der Waals surface area contributed by atoms with Crippen LogP contribution in [0.4, 0.5) is 0 Å². The van der Waals surface area contributed by atoms with Gasteiger partial charge >= 0.3 is 0 Å². The second-order valence-electron chi connectivity index (χ2n) is 4.38. The van der Waals surface area contributed by atoms with Gasteiger partial charge in [-0.2, -0.15) is 0 Å². The van der Waals surface area contributed by atoms with Crippen LogP contribution in [0.2, 0.25) is 0 Å². The van der Waals surface area contributed by atoms with Gasteiger partial charge in [-0.05, 0) is 18.4 Å². The Bertz CT molecular complexity index is 267. The largest absolute Gasteiger partial charge is 0.382 e. The molecule has 0 amide bonds. The van der Waals surface area contributed by atoms with Gasteiger partial charge in [0.2, 0.25) is 0 Å². The van der Waals surface area contributed by atoms with E-state index in [-0.39, 0.29) is 6.10 Å². The summed E-state index contributed by atoms with van der Waals surface area (Å²) in [5.41, 5.74) is 1.03. The van der Waals surface area contributed by atoms with Crippen LogP contribution in [0.3, 0.4) is 0 Å². The Labute approximate surface area is 98.9 Å². The minimum absolute atomic E-state index is 0.325. The zero-order valence-corrected chi connectivity index (χ0v) is 10.4. The summed E-state index contributed by atoms with van der Waals surface area (Å²) < 4.78 is 0. The first-order valence-electron chi connectivity index (χ1n) is 6.34. The zero-order chi connectivity index (χ0) is 11.8. The number of aliphatic hydroxyl groups excluding tert-OH is 1. The molecule has 1 atom stereocenters. The Hall–Kier alpha value is -0.860. The van der Waals surface area contributed by atoms with Crippen LogP contribution in [-0.4, -0.2) is 24.7 Å². The molecule has 1 rings (SSSR count). The fourth-order valence-electron chi connectivity index (χ4n) is 2.10. The van der Waals surface area contributed by atoms with Gasteiger partial charge in [0.15, 0.2) is 0 Å². The third kappa shape index (κ3) is 4.33. The molecule has 2 heteroatoms. The van der Waals surface area contributed by atoms with Crippen molar-refractivity contribution < 1.29 is 10.0 Å². The maximum absolute atomic E-state index is 10.1. The van der Waals surface area contributed by atoms with Gasteiger partial charge in [0.05, 0.1) is 13.1 Å². The summed E-state index contributed by atoms with van der Waals surface area (Å²) >= 11 is 0. The molecule has 0 aliphatic carbocycles. The van der Waals surface area contributed by atoms with Crippen molar-refractivity contribution >= 4 is 0 Å². The molecule has 0 heterocycles. The lowest BCUT2D eigenvalue weighted by atomic mass is 10.1. The Morgan fingerprint density at radius 2 is 1.62 bits per heavy atom. The molecule has 2 N–H and O–H groups in total. The molecule has 0 radical (unpaired) electrons. The molecule has 0 spiro atoms. The predicted octanol–water partition coefficient (Wildman–Crippen LogP) is 1.42. The number of hydrogen-bond donors (Lipinski definition) is 2. The molecule has 1 aromatic rings. The highest BCUT2D eigenvalue weighted by Gasteiger charge is 2.14. The number of benzene rings is 1. The smallest absolute Gasteiger partial charge is 0.128 e. The summed E-state index contributed by atoms with van der Waals surface area (Å²) in [7, 11) is 0. The first kappa shape index (κ1) is 13.2. The van der Waals surface area contributed by atoms with Crippen LogP contribution in [0.15, 0.2) is 30.3 Å². The van der Waals surface area contributed by atoms with Gasteiger partial charge in [-0.1, -0.05) is 44.2 Å². The molecule has 0 bridgehead atoms. The van der Waals surface area contributed by atoms with E-state index in [1.807, 2.05) is 30.3 Å². The highest BCUT2D eigenvalue weighted by molar-refractivity contribution is 5.17. The molecular formula is C14H24NO+. The summed E-state index contributed by atoms with van der Waals surface area (Å²) in [6.07, 6.45) is 2.03. The monoisotopic (exact) mass is 222 g/mol. The molecule has 0 unspecified atom stereocenters. The zero-order valence-electron chi connectivity index (χ0n) is 10.4. The minimum atomic E-state index is -0.325. The molecular weight excluding hydrogens is 198 g/mol. The highest BCUT2D eigenvalue weighted by Crippen LogP contribution is 2.09. The lowest BCUT2D eigenvalue weighted by Gasteiger charge is -2.21. The minimum Gasteiger partial charge on any atom is -0.382 e. The number of hydrogen-bond acceptors (Lipinski definition) is 1. The molecule has 0 saturated carbocycles. The van der Waals surface area contributed by atoms with E-state index in [0.717, 1.165) is 25.2 Å². The molecule has 2 nitrogen and oxygen atoms in total. The fourth-order valence-corrected chi connectivity index (χ4v) is 2.10. The molecule has 16 heavy (non-hydrogen) atoms. The van der Waals surface area contributed by atoms with Gasteiger partial charge < -0.3 is 10.0 Å². The van der Waals surface area contributed by atoms with Gasteiger partial charge in [-0.3, -0.25) is 0 Å². The summed E-state index contributed by atoms with van der Waals surface area (Å²) in [6, 6.07) is 9.95. The lowest BCUT2D eigenvalue weighted by Crippen LogP contribution is -3.12. The lowest BCUT2D eigenvalue weighted by molar-refractivity contribution is -0.904. The van der Waals surface area contributed by atoms with Crippen LogP contribution in [0.25, 0.3) is 0 Å². The van der Waals surface area contributed by atoms with Crippen molar-refractivity contribution in [3.63, 3.8) is 0 Å². The SMILES string of the molecule is CCC[NH+](CCC)C[C@@H](O)c1ccccc1. The number of aliphatic hydroxyl groups is 1.